The average molecular weight is 180 g/mol. The van der Waals surface area contributed by atoms with Crippen LogP contribution in [-0.2, 0) is 16.1 Å². The van der Waals surface area contributed by atoms with E-state index in [-0.39, 0.29) is 5.78 Å². The number of methoxy groups -OCH3 is 1. The number of ether oxygens (including phenoxy) is 1. The van der Waals surface area contributed by atoms with Crippen LogP contribution < -0.4 is 0 Å². The van der Waals surface area contributed by atoms with Gasteiger partial charge in [-0.15, -0.1) is 0 Å². The topological polar surface area (TPSA) is 61.2 Å². The number of hydrogen-bond donors (Lipinski definition) is 0. The van der Waals surface area contributed by atoms with Gasteiger partial charge in [0.1, 0.15) is 11.6 Å². The standard InChI is InChI=1S/C8H8N2O3/c1-13-8(12)5-4-10-6(7(5)11)2-3-9-10/h2-3,5H,4H2,1H3. The van der Waals surface area contributed by atoms with Crippen molar-refractivity contribution in [1.82, 2.24) is 9.78 Å². The molecule has 0 fully saturated rings. The number of carbonyl (C=O) groups excluding carboxylic acids is 2. The van der Waals surface area contributed by atoms with Crippen LogP contribution in [0, 0.1) is 5.92 Å². The predicted octanol–water partition coefficient (Wildman–Crippen LogP) is -0.131. The van der Waals surface area contributed by atoms with Gasteiger partial charge in [0, 0.05) is 6.20 Å². The van der Waals surface area contributed by atoms with Gasteiger partial charge in [-0.1, -0.05) is 0 Å². The van der Waals surface area contributed by atoms with Crippen molar-refractivity contribution in [2.75, 3.05) is 7.11 Å². The molecule has 0 amide bonds. The summed E-state index contributed by atoms with van der Waals surface area (Å²) in [7, 11) is 1.27. The van der Waals surface area contributed by atoms with Crippen molar-refractivity contribution in [3.63, 3.8) is 0 Å². The largest absolute Gasteiger partial charge is 0.468 e. The highest BCUT2D eigenvalue weighted by Gasteiger charge is 2.37. The molecule has 0 aliphatic carbocycles. The number of hydrogen-bond acceptors (Lipinski definition) is 4. The number of esters is 1. The molecule has 0 saturated heterocycles. The third-order valence-electron chi connectivity index (χ3n) is 2.13. The fourth-order valence-electron chi connectivity index (χ4n) is 1.45. The predicted molar refractivity (Wildman–Crippen MR) is 42.1 cm³/mol. The lowest BCUT2D eigenvalue weighted by molar-refractivity contribution is -0.143. The second-order valence-electron chi connectivity index (χ2n) is 2.84. The zero-order valence-electron chi connectivity index (χ0n) is 7.06. The van der Waals surface area contributed by atoms with Crippen LogP contribution in [-0.4, -0.2) is 28.6 Å². The smallest absolute Gasteiger partial charge is 0.318 e. The molecule has 1 aliphatic rings. The maximum Gasteiger partial charge on any atom is 0.318 e. The van der Waals surface area contributed by atoms with Crippen molar-refractivity contribution in [1.29, 1.82) is 0 Å². The molecule has 1 aliphatic heterocycles. The quantitative estimate of drug-likeness (QED) is 0.446. The van der Waals surface area contributed by atoms with Gasteiger partial charge in [0.05, 0.1) is 13.7 Å². The zero-order chi connectivity index (χ0) is 9.42. The minimum Gasteiger partial charge on any atom is -0.468 e. The van der Waals surface area contributed by atoms with Crippen LogP contribution >= 0.6 is 0 Å². The van der Waals surface area contributed by atoms with Crippen molar-refractivity contribution in [3.05, 3.63) is 18.0 Å². The van der Waals surface area contributed by atoms with Gasteiger partial charge in [-0.3, -0.25) is 14.3 Å². The van der Waals surface area contributed by atoms with Crippen LogP contribution in [0.25, 0.3) is 0 Å². The Bertz CT molecular complexity index is 369. The first kappa shape index (κ1) is 7.97. The fraction of sp³-hybridized carbons (Fsp3) is 0.375. The van der Waals surface area contributed by atoms with Gasteiger partial charge >= 0.3 is 5.97 Å². The number of aromatic nitrogens is 2. The summed E-state index contributed by atoms with van der Waals surface area (Å²) in [4.78, 5) is 22.6. The Morgan fingerprint density at radius 1 is 1.77 bits per heavy atom. The van der Waals surface area contributed by atoms with E-state index in [0.717, 1.165) is 0 Å². The number of rotatable bonds is 1. The molecule has 0 aromatic carbocycles. The minimum atomic E-state index is -0.700. The van der Waals surface area contributed by atoms with E-state index in [0.29, 0.717) is 12.2 Å². The highest BCUT2D eigenvalue weighted by molar-refractivity contribution is 6.09. The number of nitrogens with zero attached hydrogens (tertiary/aromatic N) is 2. The van der Waals surface area contributed by atoms with Gasteiger partial charge in [-0.2, -0.15) is 5.10 Å². The normalized spacial score (nSPS) is 20.1. The van der Waals surface area contributed by atoms with Gasteiger partial charge in [-0.25, -0.2) is 0 Å². The van der Waals surface area contributed by atoms with E-state index in [2.05, 4.69) is 9.84 Å². The summed E-state index contributed by atoms with van der Waals surface area (Å²) < 4.78 is 6.02. The Labute approximate surface area is 74.3 Å². The lowest BCUT2D eigenvalue weighted by Crippen LogP contribution is -2.22. The van der Waals surface area contributed by atoms with Crippen molar-refractivity contribution >= 4 is 11.8 Å². The van der Waals surface area contributed by atoms with Crippen LogP contribution in [0.3, 0.4) is 0 Å². The van der Waals surface area contributed by atoms with E-state index in [1.807, 2.05) is 0 Å². The summed E-state index contributed by atoms with van der Waals surface area (Å²) in [5.74, 6) is -1.39. The molecule has 1 atom stereocenters. The van der Waals surface area contributed by atoms with E-state index in [9.17, 15) is 9.59 Å². The molecule has 13 heavy (non-hydrogen) atoms. The van der Waals surface area contributed by atoms with Crippen LogP contribution in [0.15, 0.2) is 12.3 Å². The second-order valence-corrected chi connectivity index (χ2v) is 2.84. The fourth-order valence-corrected chi connectivity index (χ4v) is 1.45. The Kier molecular flexibility index (Phi) is 1.65. The maximum atomic E-state index is 11.5. The summed E-state index contributed by atoms with van der Waals surface area (Å²) in [6.45, 7) is 0.299. The van der Waals surface area contributed by atoms with E-state index < -0.39 is 11.9 Å². The third-order valence-corrected chi connectivity index (χ3v) is 2.13. The molecule has 1 unspecified atom stereocenters. The number of ketones is 1. The summed E-state index contributed by atoms with van der Waals surface area (Å²) in [6, 6.07) is 1.60. The molecule has 0 saturated carbocycles. The monoisotopic (exact) mass is 180 g/mol. The molecule has 0 radical (unpaired) electrons. The number of Topliss-reactive ketones (excluding diaryl/α,β-unsaturated/α-hetero) is 1. The summed E-state index contributed by atoms with van der Waals surface area (Å²) in [5.41, 5.74) is 0.482. The van der Waals surface area contributed by atoms with Crippen molar-refractivity contribution in [2.24, 2.45) is 5.92 Å². The van der Waals surface area contributed by atoms with Gasteiger partial charge in [-0.05, 0) is 6.07 Å². The van der Waals surface area contributed by atoms with Crippen LogP contribution in [0.1, 0.15) is 10.5 Å². The first-order valence-electron chi connectivity index (χ1n) is 3.88. The molecule has 2 rings (SSSR count). The van der Waals surface area contributed by atoms with Crippen LogP contribution in [0.4, 0.5) is 0 Å². The number of carbonyl (C=O) groups is 2. The molecule has 5 nitrogen and oxygen atoms in total. The van der Waals surface area contributed by atoms with Crippen molar-refractivity contribution in [3.8, 4) is 0 Å². The summed E-state index contributed by atoms with van der Waals surface area (Å²) in [6.07, 6.45) is 1.54. The molecule has 0 spiro atoms. The molecule has 0 N–H and O–H groups in total. The lowest BCUT2D eigenvalue weighted by Gasteiger charge is -2.02. The summed E-state index contributed by atoms with van der Waals surface area (Å²) in [5, 5.41) is 3.90. The highest BCUT2D eigenvalue weighted by Crippen LogP contribution is 2.20. The first-order valence-corrected chi connectivity index (χ1v) is 3.88. The molecule has 0 bridgehead atoms. The van der Waals surface area contributed by atoms with Gasteiger partial charge < -0.3 is 4.74 Å². The lowest BCUT2D eigenvalue weighted by atomic mass is 10.1. The third kappa shape index (κ3) is 1.04. The molecule has 2 heterocycles. The molecular formula is C8H8N2O3. The first-order chi connectivity index (χ1) is 6.24. The highest BCUT2D eigenvalue weighted by atomic mass is 16.5. The van der Waals surface area contributed by atoms with Crippen LogP contribution in [0.5, 0.6) is 0 Å². The zero-order valence-corrected chi connectivity index (χ0v) is 7.06. The van der Waals surface area contributed by atoms with E-state index in [1.165, 1.54) is 11.8 Å². The number of fused-ring (bicyclic) bond motifs is 1. The Hall–Kier alpha value is -1.65. The van der Waals surface area contributed by atoms with Gasteiger partial charge in [0.25, 0.3) is 0 Å². The van der Waals surface area contributed by atoms with Crippen LogP contribution in [0.2, 0.25) is 0 Å². The second kappa shape index (κ2) is 2.69. The molecular weight excluding hydrogens is 172 g/mol. The maximum absolute atomic E-state index is 11.5. The van der Waals surface area contributed by atoms with Crippen molar-refractivity contribution < 1.29 is 14.3 Å². The minimum absolute atomic E-state index is 0.204. The average Bonchev–Trinajstić information content (AvgIpc) is 2.68. The summed E-state index contributed by atoms with van der Waals surface area (Å²) >= 11 is 0. The molecule has 1 aromatic heterocycles. The van der Waals surface area contributed by atoms with E-state index in [1.54, 1.807) is 12.3 Å². The van der Waals surface area contributed by atoms with Gasteiger partial charge in [0.15, 0.2) is 5.78 Å². The Morgan fingerprint density at radius 2 is 2.54 bits per heavy atom. The molecule has 68 valence electrons. The molecule has 1 aromatic rings. The Morgan fingerprint density at radius 3 is 3.15 bits per heavy atom. The molecule has 5 heteroatoms. The van der Waals surface area contributed by atoms with E-state index in [4.69, 9.17) is 0 Å². The van der Waals surface area contributed by atoms with Gasteiger partial charge in [0.2, 0.25) is 0 Å². The Balaban J connectivity index is 2.29. The van der Waals surface area contributed by atoms with Crippen molar-refractivity contribution in [2.45, 2.75) is 6.54 Å². The SMILES string of the molecule is COC(=O)C1Cn2nccc2C1=O. The van der Waals surface area contributed by atoms with E-state index >= 15 is 0 Å².